The summed E-state index contributed by atoms with van der Waals surface area (Å²) >= 11 is 1.73. The molecule has 1 aromatic carbocycles. The molecule has 3 rings (SSSR count). The van der Waals surface area contributed by atoms with Gasteiger partial charge in [-0.15, -0.1) is 11.3 Å². The molecule has 0 aliphatic rings. The molecule has 0 unspecified atom stereocenters. The lowest BCUT2D eigenvalue weighted by Gasteiger charge is -2.16. The number of nitrogens with zero attached hydrogens (tertiary/aromatic N) is 3. The molecule has 0 saturated heterocycles. The third-order valence-corrected chi connectivity index (χ3v) is 4.83. The first-order valence-corrected chi connectivity index (χ1v) is 8.22. The predicted molar refractivity (Wildman–Crippen MR) is 87.9 cm³/mol. The van der Waals surface area contributed by atoms with Crippen molar-refractivity contribution in [1.29, 1.82) is 0 Å². The maximum atomic E-state index is 13.1. The molecule has 0 spiro atoms. The third-order valence-electron chi connectivity index (χ3n) is 3.69. The average Bonchev–Trinajstić information content (AvgIpc) is 3.16. The quantitative estimate of drug-likeness (QED) is 0.729. The van der Waals surface area contributed by atoms with E-state index in [2.05, 4.69) is 32.6 Å². The van der Waals surface area contributed by atoms with Gasteiger partial charge in [0, 0.05) is 17.8 Å². The maximum absolute atomic E-state index is 13.1. The van der Waals surface area contributed by atoms with Crippen molar-refractivity contribution in [3.05, 3.63) is 63.1 Å². The second-order valence-corrected chi connectivity index (χ2v) is 6.62. The van der Waals surface area contributed by atoms with E-state index in [0.717, 1.165) is 34.9 Å². The molecular weight excluding hydrogens is 313 g/mol. The number of hydrogen-bond acceptors (Lipinski definition) is 5. The van der Waals surface area contributed by atoms with Gasteiger partial charge in [-0.05, 0) is 31.5 Å². The Labute approximate surface area is 138 Å². The first-order valence-electron chi connectivity index (χ1n) is 7.41. The van der Waals surface area contributed by atoms with Gasteiger partial charge in [0.25, 0.3) is 0 Å². The Balaban J connectivity index is 1.70. The molecule has 23 heavy (non-hydrogen) atoms. The molecule has 5 nitrogen and oxygen atoms in total. The van der Waals surface area contributed by atoms with E-state index < -0.39 is 0 Å². The summed E-state index contributed by atoms with van der Waals surface area (Å²) in [5.41, 5.74) is 2.83. The van der Waals surface area contributed by atoms with E-state index in [-0.39, 0.29) is 11.9 Å². The van der Waals surface area contributed by atoms with E-state index in [4.69, 9.17) is 0 Å². The highest BCUT2D eigenvalue weighted by Gasteiger charge is 2.16. The molecule has 0 bridgehead atoms. The fraction of sp³-hybridized carbons (Fsp3) is 0.312. The topological polar surface area (TPSA) is 66.5 Å². The van der Waals surface area contributed by atoms with Crippen LogP contribution in [0.1, 0.15) is 32.9 Å². The predicted octanol–water partition coefficient (Wildman–Crippen LogP) is 2.94. The summed E-state index contributed by atoms with van der Waals surface area (Å²) in [6.45, 7) is 4.86. The zero-order valence-electron chi connectivity index (χ0n) is 13.0. The molecule has 0 radical (unpaired) electrons. The van der Waals surface area contributed by atoms with Gasteiger partial charge in [-0.1, -0.05) is 12.1 Å². The van der Waals surface area contributed by atoms with Crippen molar-refractivity contribution in [2.45, 2.75) is 26.3 Å². The van der Waals surface area contributed by atoms with E-state index in [1.54, 1.807) is 29.7 Å². The highest BCUT2D eigenvalue weighted by atomic mass is 32.1. The summed E-state index contributed by atoms with van der Waals surface area (Å²) in [5, 5.41) is 15.2. The Morgan fingerprint density at radius 1 is 1.26 bits per heavy atom. The van der Waals surface area contributed by atoms with Gasteiger partial charge >= 0.3 is 0 Å². The lowest BCUT2D eigenvalue weighted by molar-refractivity contribution is 0.586. The zero-order chi connectivity index (χ0) is 16.2. The summed E-state index contributed by atoms with van der Waals surface area (Å²) in [6, 6.07) is 6.31. The van der Waals surface area contributed by atoms with Gasteiger partial charge in [-0.25, -0.2) is 9.37 Å². The molecule has 2 aromatic heterocycles. The Hall–Kier alpha value is -2.12. The van der Waals surface area contributed by atoms with Crippen molar-refractivity contribution in [3.8, 4) is 0 Å². The maximum Gasteiger partial charge on any atom is 0.123 e. The van der Waals surface area contributed by atoms with Gasteiger partial charge in [0.2, 0.25) is 0 Å². The van der Waals surface area contributed by atoms with Crippen LogP contribution in [0.15, 0.2) is 30.5 Å². The van der Waals surface area contributed by atoms with Crippen molar-refractivity contribution in [2.75, 3.05) is 6.54 Å². The molecule has 1 atom stereocenters. The van der Waals surface area contributed by atoms with Gasteiger partial charge in [0.1, 0.15) is 11.5 Å². The van der Waals surface area contributed by atoms with Crippen molar-refractivity contribution in [2.24, 2.45) is 0 Å². The minimum absolute atomic E-state index is 0.128. The highest BCUT2D eigenvalue weighted by molar-refractivity contribution is 7.11. The van der Waals surface area contributed by atoms with Gasteiger partial charge in [-0.2, -0.15) is 15.4 Å². The van der Waals surface area contributed by atoms with Gasteiger partial charge in [-0.3, -0.25) is 0 Å². The van der Waals surface area contributed by atoms with E-state index in [9.17, 15) is 4.39 Å². The number of aryl methyl sites for hydroxylation is 2. The lowest BCUT2D eigenvalue weighted by Crippen LogP contribution is -2.25. The molecule has 2 N–H and O–H groups in total. The third kappa shape index (κ3) is 3.80. The van der Waals surface area contributed by atoms with Crippen molar-refractivity contribution < 1.29 is 4.39 Å². The molecule has 0 fully saturated rings. The molecule has 3 aromatic rings. The van der Waals surface area contributed by atoms with Crippen LogP contribution >= 0.6 is 11.3 Å². The van der Waals surface area contributed by atoms with Gasteiger partial charge < -0.3 is 5.32 Å². The SMILES string of the molecule is Cc1nc(CCN[C@@H](c2ccc(F)cc2)c2cn[nH]n2)sc1C. The molecule has 0 aliphatic carbocycles. The summed E-state index contributed by atoms with van der Waals surface area (Å²) in [5.74, 6) is -0.249. The summed E-state index contributed by atoms with van der Waals surface area (Å²) in [7, 11) is 0. The van der Waals surface area contributed by atoms with Crippen LogP contribution in [-0.2, 0) is 6.42 Å². The van der Waals surface area contributed by atoms with Crippen molar-refractivity contribution >= 4 is 11.3 Å². The molecule has 2 heterocycles. The Morgan fingerprint density at radius 3 is 2.65 bits per heavy atom. The van der Waals surface area contributed by atoms with E-state index in [0.29, 0.717) is 0 Å². The number of nitrogens with one attached hydrogen (secondary N) is 2. The van der Waals surface area contributed by atoms with Crippen LogP contribution in [0, 0.1) is 19.7 Å². The standard InChI is InChI=1S/C16H18FN5S/c1-10-11(2)23-15(20-10)7-8-18-16(14-9-19-22-21-14)12-3-5-13(17)6-4-12/h3-6,9,16,18H,7-8H2,1-2H3,(H,19,21,22)/t16-/m0/s1. The molecule has 7 heteroatoms. The largest absolute Gasteiger partial charge is 0.304 e. The smallest absolute Gasteiger partial charge is 0.123 e. The first-order chi connectivity index (χ1) is 11.1. The normalized spacial score (nSPS) is 12.5. The number of rotatable bonds is 6. The number of aromatic nitrogens is 4. The second-order valence-electron chi connectivity index (χ2n) is 5.33. The number of hydrogen-bond donors (Lipinski definition) is 2. The van der Waals surface area contributed by atoms with Crippen LogP contribution in [0.4, 0.5) is 4.39 Å². The van der Waals surface area contributed by atoms with E-state index >= 15 is 0 Å². The first kappa shape index (κ1) is 15.8. The molecule has 120 valence electrons. The molecule has 0 aliphatic heterocycles. The number of halogens is 1. The summed E-state index contributed by atoms with van der Waals surface area (Å²) < 4.78 is 13.1. The molecular formula is C16H18FN5S. The Bertz CT molecular complexity index is 732. The minimum Gasteiger partial charge on any atom is -0.304 e. The highest BCUT2D eigenvalue weighted by Crippen LogP contribution is 2.21. The van der Waals surface area contributed by atoms with E-state index in [1.165, 1.54) is 17.0 Å². The lowest BCUT2D eigenvalue weighted by atomic mass is 10.0. The van der Waals surface area contributed by atoms with Crippen LogP contribution < -0.4 is 5.32 Å². The molecule has 0 amide bonds. The Morgan fingerprint density at radius 2 is 2.04 bits per heavy atom. The fourth-order valence-corrected chi connectivity index (χ4v) is 3.30. The number of aromatic amines is 1. The second kappa shape index (κ2) is 6.97. The summed E-state index contributed by atoms with van der Waals surface area (Å²) in [4.78, 5) is 5.81. The van der Waals surface area contributed by atoms with Gasteiger partial charge in [0.05, 0.1) is 22.9 Å². The Kier molecular flexibility index (Phi) is 4.78. The van der Waals surface area contributed by atoms with Crippen LogP contribution in [0.25, 0.3) is 0 Å². The van der Waals surface area contributed by atoms with Crippen LogP contribution in [-0.4, -0.2) is 26.9 Å². The molecule has 0 saturated carbocycles. The van der Waals surface area contributed by atoms with Crippen molar-refractivity contribution in [3.63, 3.8) is 0 Å². The monoisotopic (exact) mass is 331 g/mol. The minimum atomic E-state index is -0.249. The number of H-pyrrole nitrogens is 1. The van der Waals surface area contributed by atoms with Crippen LogP contribution in [0.3, 0.4) is 0 Å². The van der Waals surface area contributed by atoms with E-state index in [1.807, 2.05) is 6.92 Å². The zero-order valence-corrected chi connectivity index (χ0v) is 13.8. The summed E-state index contributed by atoms with van der Waals surface area (Å²) in [6.07, 6.45) is 2.52. The van der Waals surface area contributed by atoms with Crippen LogP contribution in [0.5, 0.6) is 0 Å². The van der Waals surface area contributed by atoms with Crippen LogP contribution in [0.2, 0.25) is 0 Å². The average molecular weight is 331 g/mol. The fourth-order valence-electron chi connectivity index (χ4n) is 2.37. The van der Waals surface area contributed by atoms with Crippen molar-refractivity contribution in [1.82, 2.24) is 25.7 Å². The number of benzene rings is 1. The number of thiazole rings is 1. The van der Waals surface area contributed by atoms with Gasteiger partial charge in [0.15, 0.2) is 0 Å².